The van der Waals surface area contributed by atoms with Gasteiger partial charge in [-0.3, -0.25) is 14.2 Å². The SMILES string of the molecule is CCOC(=O)C1=C(c2ccccc2)N=c2s/c(=C\c3cc(Br)cc(Br)c3OC(C)=O)c(=O)n2[C@@H]1c1ccc(F)cc1. The van der Waals surface area contributed by atoms with Crippen molar-refractivity contribution in [3.63, 3.8) is 0 Å². The van der Waals surface area contributed by atoms with Crippen molar-refractivity contribution in [2.75, 3.05) is 6.61 Å². The molecule has 0 saturated heterocycles. The van der Waals surface area contributed by atoms with E-state index in [4.69, 9.17) is 14.5 Å². The maximum absolute atomic E-state index is 14.0. The number of esters is 2. The van der Waals surface area contributed by atoms with Crippen LogP contribution in [0.5, 0.6) is 5.75 Å². The first kappa shape index (κ1) is 28.8. The molecule has 1 aliphatic heterocycles. The highest BCUT2D eigenvalue weighted by Crippen LogP contribution is 2.36. The molecule has 0 saturated carbocycles. The summed E-state index contributed by atoms with van der Waals surface area (Å²) in [5.41, 5.74) is 1.73. The van der Waals surface area contributed by atoms with E-state index in [0.717, 1.165) is 11.3 Å². The summed E-state index contributed by atoms with van der Waals surface area (Å²) in [6.45, 7) is 3.10. The van der Waals surface area contributed by atoms with Gasteiger partial charge in [-0.05, 0) is 58.8 Å². The number of benzene rings is 3. The van der Waals surface area contributed by atoms with Crippen LogP contribution in [-0.2, 0) is 14.3 Å². The van der Waals surface area contributed by atoms with Crippen LogP contribution >= 0.6 is 43.2 Å². The fourth-order valence-corrected chi connectivity index (χ4v) is 6.81. The fraction of sp³-hybridized carbons (Fsp3) is 0.133. The molecule has 0 amide bonds. The molecule has 0 aliphatic carbocycles. The second-order valence-corrected chi connectivity index (χ2v) is 11.7. The molecule has 0 fully saturated rings. The Morgan fingerprint density at radius 2 is 1.80 bits per heavy atom. The van der Waals surface area contributed by atoms with Crippen LogP contribution < -0.4 is 19.6 Å². The van der Waals surface area contributed by atoms with Crippen molar-refractivity contribution in [2.24, 2.45) is 4.99 Å². The van der Waals surface area contributed by atoms with Crippen LogP contribution in [0.1, 0.15) is 36.6 Å². The standard InChI is InChI=1S/C30H21Br2FN2O5S/c1-3-39-29(38)24-25(17-7-5-4-6-8-17)34-30-35(26(24)18-9-11-21(33)12-10-18)28(37)23(41-30)14-19-13-20(31)15-22(32)27(19)40-16(2)36/h4-15,26H,3H2,1-2H3/b23-14-/t26-/m1/s1. The number of thiazole rings is 1. The third-order valence-corrected chi connectivity index (χ3v) is 8.16. The van der Waals surface area contributed by atoms with Gasteiger partial charge in [0.25, 0.3) is 5.56 Å². The van der Waals surface area contributed by atoms with Crippen LogP contribution in [0, 0.1) is 5.82 Å². The highest BCUT2D eigenvalue weighted by molar-refractivity contribution is 9.11. The van der Waals surface area contributed by atoms with Gasteiger partial charge in [-0.1, -0.05) is 69.7 Å². The number of aromatic nitrogens is 1. The Morgan fingerprint density at radius 3 is 2.46 bits per heavy atom. The molecular formula is C30H21Br2FN2O5S. The zero-order valence-electron chi connectivity index (χ0n) is 21.7. The van der Waals surface area contributed by atoms with Crippen LogP contribution in [0.15, 0.2) is 91.0 Å². The molecule has 0 radical (unpaired) electrons. The van der Waals surface area contributed by atoms with Gasteiger partial charge in [-0.15, -0.1) is 0 Å². The molecule has 0 N–H and O–H groups in total. The maximum atomic E-state index is 14.0. The van der Waals surface area contributed by atoms with Crippen LogP contribution in [-0.4, -0.2) is 23.1 Å². The normalized spacial score (nSPS) is 14.9. The van der Waals surface area contributed by atoms with Crippen molar-refractivity contribution < 1.29 is 23.5 Å². The van der Waals surface area contributed by atoms with E-state index in [1.54, 1.807) is 25.1 Å². The molecule has 11 heteroatoms. The van der Waals surface area contributed by atoms with Gasteiger partial charge in [0.2, 0.25) is 0 Å². The Hall–Kier alpha value is -3.67. The molecule has 41 heavy (non-hydrogen) atoms. The lowest BCUT2D eigenvalue weighted by molar-refractivity contribution is -0.139. The van der Waals surface area contributed by atoms with Crippen molar-refractivity contribution >= 4 is 66.9 Å². The first-order valence-electron chi connectivity index (χ1n) is 12.4. The van der Waals surface area contributed by atoms with Crippen LogP contribution in [0.3, 0.4) is 0 Å². The smallest absolute Gasteiger partial charge is 0.338 e. The predicted octanol–water partition coefficient (Wildman–Crippen LogP) is 5.53. The number of carbonyl (C=O) groups excluding carboxylic acids is 2. The summed E-state index contributed by atoms with van der Waals surface area (Å²) in [5.74, 6) is -1.36. The number of nitrogens with zero attached hydrogens (tertiary/aromatic N) is 2. The summed E-state index contributed by atoms with van der Waals surface area (Å²) >= 11 is 7.98. The Bertz CT molecular complexity index is 1880. The molecule has 1 atom stereocenters. The lowest BCUT2D eigenvalue weighted by atomic mass is 9.93. The van der Waals surface area contributed by atoms with E-state index >= 15 is 0 Å². The number of ether oxygens (including phenoxy) is 2. The van der Waals surface area contributed by atoms with Crippen molar-refractivity contribution in [3.8, 4) is 5.75 Å². The number of halogens is 3. The first-order valence-corrected chi connectivity index (χ1v) is 14.8. The monoisotopic (exact) mass is 698 g/mol. The van der Waals surface area contributed by atoms with Crippen LogP contribution in [0.4, 0.5) is 4.39 Å². The number of hydrogen-bond donors (Lipinski definition) is 0. The lowest BCUT2D eigenvalue weighted by Crippen LogP contribution is -2.40. The van der Waals surface area contributed by atoms with Crippen LogP contribution in [0.2, 0.25) is 0 Å². The lowest BCUT2D eigenvalue weighted by Gasteiger charge is -2.25. The van der Waals surface area contributed by atoms with Crippen LogP contribution in [0.25, 0.3) is 11.8 Å². The molecule has 2 heterocycles. The van der Waals surface area contributed by atoms with Gasteiger partial charge in [0, 0.05) is 22.5 Å². The molecule has 0 bridgehead atoms. The van der Waals surface area contributed by atoms with Crippen molar-refractivity contribution in [2.45, 2.75) is 19.9 Å². The van der Waals surface area contributed by atoms with E-state index in [9.17, 15) is 18.8 Å². The minimum absolute atomic E-state index is 0.113. The summed E-state index contributed by atoms with van der Waals surface area (Å²) in [6, 6.07) is 17.3. The molecule has 1 aromatic heterocycles. The van der Waals surface area contributed by atoms with E-state index in [-0.39, 0.29) is 22.5 Å². The minimum Gasteiger partial charge on any atom is -0.463 e. The summed E-state index contributed by atoms with van der Waals surface area (Å²) in [6.07, 6.45) is 1.61. The summed E-state index contributed by atoms with van der Waals surface area (Å²) in [5, 5.41) is 0. The second-order valence-electron chi connectivity index (χ2n) is 8.88. The fourth-order valence-electron chi connectivity index (χ4n) is 4.48. The third kappa shape index (κ3) is 5.88. The first-order chi connectivity index (χ1) is 19.7. The predicted molar refractivity (Wildman–Crippen MR) is 161 cm³/mol. The number of rotatable bonds is 6. The largest absolute Gasteiger partial charge is 0.463 e. The Balaban J connectivity index is 1.83. The van der Waals surface area contributed by atoms with Gasteiger partial charge in [-0.2, -0.15) is 0 Å². The molecule has 7 nitrogen and oxygen atoms in total. The van der Waals surface area contributed by atoms with Crippen molar-refractivity contribution in [3.05, 3.63) is 123 Å². The van der Waals surface area contributed by atoms with Gasteiger partial charge >= 0.3 is 11.9 Å². The van der Waals surface area contributed by atoms with E-state index in [1.165, 1.54) is 35.8 Å². The Morgan fingerprint density at radius 1 is 1.10 bits per heavy atom. The Kier molecular flexibility index (Phi) is 8.48. The molecule has 5 rings (SSSR count). The summed E-state index contributed by atoms with van der Waals surface area (Å²) in [7, 11) is 0. The van der Waals surface area contributed by atoms with Crippen molar-refractivity contribution in [1.82, 2.24) is 4.57 Å². The maximum Gasteiger partial charge on any atom is 0.338 e. The molecule has 0 unspecified atom stereocenters. The molecule has 3 aromatic carbocycles. The zero-order chi connectivity index (χ0) is 29.3. The Labute approximate surface area is 254 Å². The third-order valence-electron chi connectivity index (χ3n) is 6.13. The average molecular weight is 700 g/mol. The van der Waals surface area contributed by atoms with Crippen molar-refractivity contribution in [1.29, 1.82) is 0 Å². The van der Waals surface area contributed by atoms with Gasteiger partial charge < -0.3 is 9.47 Å². The van der Waals surface area contributed by atoms with Gasteiger partial charge in [-0.25, -0.2) is 14.2 Å². The molecule has 208 valence electrons. The summed E-state index contributed by atoms with van der Waals surface area (Å²) < 4.78 is 27.7. The van der Waals surface area contributed by atoms with Gasteiger partial charge in [0.1, 0.15) is 5.82 Å². The number of fused-ring (bicyclic) bond motifs is 1. The van der Waals surface area contributed by atoms with Gasteiger partial charge in [0.15, 0.2) is 10.6 Å². The quantitative estimate of drug-likeness (QED) is 0.195. The topological polar surface area (TPSA) is 87.0 Å². The zero-order valence-corrected chi connectivity index (χ0v) is 25.7. The highest BCUT2D eigenvalue weighted by Gasteiger charge is 2.35. The van der Waals surface area contributed by atoms with E-state index < -0.39 is 29.4 Å². The van der Waals surface area contributed by atoms with E-state index in [2.05, 4.69) is 31.9 Å². The molecule has 4 aromatic rings. The molecule has 1 aliphatic rings. The molecular weight excluding hydrogens is 679 g/mol. The van der Waals surface area contributed by atoms with E-state index in [0.29, 0.717) is 36.1 Å². The van der Waals surface area contributed by atoms with E-state index in [1.807, 2.05) is 30.3 Å². The van der Waals surface area contributed by atoms with Gasteiger partial charge in [0.05, 0.1) is 32.9 Å². The number of carbonyl (C=O) groups is 2. The average Bonchev–Trinajstić information content (AvgIpc) is 3.25. The minimum atomic E-state index is -0.939. The number of hydrogen-bond acceptors (Lipinski definition) is 7. The second kappa shape index (κ2) is 12.1. The highest BCUT2D eigenvalue weighted by atomic mass is 79.9. The summed E-state index contributed by atoms with van der Waals surface area (Å²) in [4.78, 5) is 44.5. The molecule has 0 spiro atoms.